The van der Waals surface area contributed by atoms with Crippen LogP contribution in [-0.2, 0) is 19.1 Å². The van der Waals surface area contributed by atoms with Crippen LogP contribution >= 0.6 is 11.8 Å². The fourth-order valence-corrected chi connectivity index (χ4v) is 3.33. The predicted octanol–water partition coefficient (Wildman–Crippen LogP) is 2.54. The molecule has 2 aromatic carbocycles. The Morgan fingerprint density at radius 1 is 1.00 bits per heavy atom. The third-order valence-electron chi connectivity index (χ3n) is 4.21. The Hall–Kier alpha value is -4.12. The second-order valence-corrected chi connectivity index (χ2v) is 7.55. The molecule has 3 rings (SSSR count). The SMILES string of the molecule is COC(=O)/C=C1/S/C(=N\N=Cc2ccc(OCCOc3cccc(C(=O)OC)c3)cc2)NC1=O. The maximum atomic E-state index is 11.8. The van der Waals surface area contributed by atoms with Crippen LogP contribution in [0.4, 0.5) is 0 Å². The van der Waals surface area contributed by atoms with Crippen molar-refractivity contribution in [3.63, 3.8) is 0 Å². The van der Waals surface area contributed by atoms with E-state index in [0.29, 0.717) is 30.3 Å². The molecule has 0 unspecified atom stereocenters. The lowest BCUT2D eigenvalue weighted by molar-refractivity contribution is -0.135. The standard InChI is InChI=1S/C23H21N3O7S/c1-30-20(27)13-19-21(28)25-23(34-19)26-24-14-15-6-8-17(9-7-15)32-10-11-33-18-5-3-4-16(12-18)22(29)31-2/h3-9,12-14H,10-11H2,1-2H3,(H,25,26,28)/b19-13+,24-14?. The van der Waals surface area contributed by atoms with Gasteiger partial charge in [0, 0.05) is 6.08 Å². The van der Waals surface area contributed by atoms with Crippen molar-refractivity contribution in [3.05, 3.63) is 70.6 Å². The number of nitrogens with zero attached hydrogens (tertiary/aromatic N) is 2. The first kappa shape index (κ1) is 24.5. The van der Waals surface area contributed by atoms with Crippen LogP contribution in [0, 0.1) is 0 Å². The number of rotatable bonds is 9. The molecule has 34 heavy (non-hydrogen) atoms. The van der Waals surface area contributed by atoms with Gasteiger partial charge < -0.3 is 18.9 Å². The van der Waals surface area contributed by atoms with Crippen molar-refractivity contribution in [2.24, 2.45) is 10.2 Å². The number of esters is 2. The van der Waals surface area contributed by atoms with E-state index >= 15 is 0 Å². The molecular formula is C23H21N3O7S. The molecule has 0 bridgehead atoms. The number of benzene rings is 2. The van der Waals surface area contributed by atoms with Gasteiger partial charge >= 0.3 is 11.9 Å². The monoisotopic (exact) mass is 483 g/mol. The van der Waals surface area contributed by atoms with Gasteiger partial charge in [0.15, 0.2) is 5.17 Å². The minimum absolute atomic E-state index is 0.183. The van der Waals surface area contributed by atoms with E-state index in [1.54, 1.807) is 48.5 Å². The van der Waals surface area contributed by atoms with Gasteiger partial charge in [0.25, 0.3) is 5.91 Å². The van der Waals surface area contributed by atoms with Crippen LogP contribution in [-0.4, -0.2) is 56.7 Å². The molecule has 1 amide bonds. The van der Waals surface area contributed by atoms with Gasteiger partial charge in [-0.2, -0.15) is 5.10 Å². The van der Waals surface area contributed by atoms with E-state index in [1.165, 1.54) is 20.4 Å². The molecule has 1 aliphatic rings. The molecule has 0 radical (unpaired) electrons. The minimum Gasteiger partial charge on any atom is -0.490 e. The molecule has 10 nitrogen and oxygen atoms in total. The Morgan fingerprint density at radius 3 is 2.44 bits per heavy atom. The third kappa shape index (κ3) is 7.20. The molecule has 176 valence electrons. The van der Waals surface area contributed by atoms with Crippen LogP contribution in [0.1, 0.15) is 15.9 Å². The van der Waals surface area contributed by atoms with Gasteiger partial charge in [-0.05, 0) is 59.8 Å². The summed E-state index contributed by atoms with van der Waals surface area (Å²) in [7, 11) is 2.55. The molecule has 2 aromatic rings. The van der Waals surface area contributed by atoms with Crippen LogP contribution in [0.3, 0.4) is 0 Å². The van der Waals surface area contributed by atoms with Crippen LogP contribution in [0.5, 0.6) is 11.5 Å². The molecule has 0 aliphatic carbocycles. The van der Waals surface area contributed by atoms with E-state index in [2.05, 4.69) is 25.0 Å². The van der Waals surface area contributed by atoms with Crippen molar-refractivity contribution in [3.8, 4) is 11.5 Å². The summed E-state index contributed by atoms with van der Waals surface area (Å²) in [5.74, 6) is -0.297. The van der Waals surface area contributed by atoms with E-state index < -0.39 is 17.8 Å². The summed E-state index contributed by atoms with van der Waals surface area (Å²) in [4.78, 5) is 34.8. The number of carbonyl (C=O) groups is 3. The van der Waals surface area contributed by atoms with Crippen molar-refractivity contribution in [2.45, 2.75) is 0 Å². The van der Waals surface area contributed by atoms with Crippen LogP contribution in [0.25, 0.3) is 0 Å². The van der Waals surface area contributed by atoms with Gasteiger partial charge in [-0.3, -0.25) is 10.1 Å². The highest BCUT2D eigenvalue weighted by molar-refractivity contribution is 8.18. The Kier molecular flexibility index (Phi) is 8.81. The van der Waals surface area contributed by atoms with Gasteiger partial charge in [0.2, 0.25) is 0 Å². The molecule has 0 aromatic heterocycles. The molecule has 1 saturated heterocycles. The summed E-state index contributed by atoms with van der Waals surface area (Å²) < 4.78 is 20.4. The largest absolute Gasteiger partial charge is 0.490 e. The highest BCUT2D eigenvalue weighted by atomic mass is 32.2. The Labute approximate surface area is 199 Å². The van der Waals surface area contributed by atoms with Crippen molar-refractivity contribution >= 4 is 41.0 Å². The van der Waals surface area contributed by atoms with Crippen molar-refractivity contribution in [1.82, 2.24) is 5.32 Å². The molecule has 11 heteroatoms. The average molecular weight is 484 g/mol. The summed E-state index contributed by atoms with van der Waals surface area (Å²) in [5, 5.41) is 10.6. The first-order valence-corrected chi connectivity index (χ1v) is 10.7. The summed E-state index contributed by atoms with van der Waals surface area (Å²) in [6.07, 6.45) is 2.61. The number of thioether (sulfide) groups is 1. The maximum absolute atomic E-state index is 11.8. The first-order chi connectivity index (χ1) is 16.5. The molecule has 1 fully saturated rings. The normalized spacial score (nSPS) is 15.4. The molecule has 1 N–H and O–H groups in total. The Bertz CT molecular complexity index is 1140. The maximum Gasteiger partial charge on any atom is 0.337 e. The fourth-order valence-electron chi connectivity index (χ4n) is 2.59. The molecule has 1 heterocycles. The number of carbonyl (C=O) groups excluding carboxylic acids is 3. The highest BCUT2D eigenvalue weighted by Crippen LogP contribution is 2.23. The van der Waals surface area contributed by atoms with Gasteiger partial charge in [-0.1, -0.05) is 6.07 Å². The number of amides is 1. The number of hydrogen-bond acceptors (Lipinski definition) is 10. The van der Waals surface area contributed by atoms with Crippen molar-refractivity contribution in [1.29, 1.82) is 0 Å². The number of methoxy groups -OCH3 is 2. The quantitative estimate of drug-likeness (QED) is 0.190. The van der Waals surface area contributed by atoms with Crippen LogP contribution in [0.2, 0.25) is 0 Å². The second kappa shape index (κ2) is 12.2. The summed E-state index contributed by atoms with van der Waals surface area (Å²) in [6.45, 7) is 0.600. The summed E-state index contributed by atoms with van der Waals surface area (Å²) in [6, 6.07) is 13.8. The predicted molar refractivity (Wildman–Crippen MR) is 126 cm³/mol. The lowest BCUT2D eigenvalue weighted by Crippen LogP contribution is -2.19. The zero-order chi connectivity index (χ0) is 24.3. The zero-order valence-corrected chi connectivity index (χ0v) is 19.2. The van der Waals surface area contributed by atoms with E-state index in [0.717, 1.165) is 23.4 Å². The van der Waals surface area contributed by atoms with Crippen LogP contribution < -0.4 is 14.8 Å². The van der Waals surface area contributed by atoms with E-state index in [1.807, 2.05) is 0 Å². The lowest BCUT2D eigenvalue weighted by atomic mass is 10.2. The Morgan fingerprint density at radius 2 is 1.74 bits per heavy atom. The van der Waals surface area contributed by atoms with Gasteiger partial charge in [-0.15, -0.1) is 5.10 Å². The average Bonchev–Trinajstić information content (AvgIpc) is 3.20. The lowest BCUT2D eigenvalue weighted by Gasteiger charge is -2.09. The molecule has 0 spiro atoms. The minimum atomic E-state index is -0.621. The van der Waals surface area contributed by atoms with Crippen molar-refractivity contribution in [2.75, 3.05) is 27.4 Å². The van der Waals surface area contributed by atoms with Gasteiger partial charge in [0.1, 0.15) is 24.7 Å². The number of hydrogen-bond donors (Lipinski definition) is 1. The van der Waals surface area contributed by atoms with Gasteiger partial charge in [0.05, 0.1) is 30.9 Å². The number of amidine groups is 1. The Balaban J connectivity index is 1.45. The van der Waals surface area contributed by atoms with Gasteiger partial charge in [-0.25, -0.2) is 9.59 Å². The molecular weight excluding hydrogens is 462 g/mol. The fraction of sp³-hybridized carbons (Fsp3) is 0.174. The molecule has 1 aliphatic heterocycles. The topological polar surface area (TPSA) is 125 Å². The second-order valence-electron chi connectivity index (χ2n) is 6.52. The van der Waals surface area contributed by atoms with Crippen LogP contribution in [0.15, 0.2) is 69.7 Å². The van der Waals surface area contributed by atoms with E-state index in [-0.39, 0.29) is 10.1 Å². The van der Waals surface area contributed by atoms with E-state index in [9.17, 15) is 14.4 Å². The number of ether oxygens (including phenoxy) is 4. The zero-order valence-electron chi connectivity index (χ0n) is 18.3. The van der Waals surface area contributed by atoms with Crippen molar-refractivity contribution < 1.29 is 33.3 Å². The molecule has 0 atom stereocenters. The third-order valence-corrected chi connectivity index (χ3v) is 5.11. The smallest absolute Gasteiger partial charge is 0.337 e. The summed E-state index contributed by atoms with van der Waals surface area (Å²) >= 11 is 0.994. The highest BCUT2D eigenvalue weighted by Gasteiger charge is 2.24. The summed E-state index contributed by atoms with van der Waals surface area (Å²) in [5.41, 5.74) is 1.18. The number of nitrogens with one attached hydrogen (secondary N) is 1. The van der Waals surface area contributed by atoms with E-state index in [4.69, 9.17) is 9.47 Å². The first-order valence-electron chi connectivity index (χ1n) is 9.92. The molecule has 0 saturated carbocycles.